The molecule has 1 saturated heterocycles. The average molecular weight is 459 g/mol. The van der Waals surface area contributed by atoms with Gasteiger partial charge >= 0.3 is 0 Å². The Morgan fingerprint density at radius 3 is 2.81 bits per heavy atom. The number of rotatable bonds is 6. The van der Waals surface area contributed by atoms with Gasteiger partial charge in [-0.1, -0.05) is 25.6 Å². The summed E-state index contributed by atoms with van der Waals surface area (Å²) in [6.45, 7) is 7.55. The maximum absolute atomic E-state index is 14.2. The van der Waals surface area contributed by atoms with Crippen molar-refractivity contribution in [3.63, 3.8) is 0 Å². The maximum Gasteiger partial charge on any atom is 0.228 e. The minimum atomic E-state index is -0.289. The molecule has 4 heterocycles. The molecule has 32 heavy (non-hydrogen) atoms. The molecule has 7 nitrogen and oxygen atoms in total. The molecule has 2 aliphatic rings. The number of piperidine rings is 1. The molecular formula is C23H27FN4O3S. The first-order valence-electron chi connectivity index (χ1n) is 10.9. The van der Waals surface area contributed by atoms with Gasteiger partial charge in [-0.05, 0) is 42.5 Å². The molecule has 1 fully saturated rings. The van der Waals surface area contributed by atoms with Crippen LogP contribution in [0.15, 0.2) is 40.1 Å². The molecule has 2 atom stereocenters. The van der Waals surface area contributed by atoms with E-state index in [0.717, 1.165) is 41.1 Å². The van der Waals surface area contributed by atoms with E-state index in [1.54, 1.807) is 6.26 Å². The highest BCUT2D eigenvalue weighted by molar-refractivity contribution is 7.98. The fourth-order valence-electron chi connectivity index (χ4n) is 4.65. The van der Waals surface area contributed by atoms with Crippen LogP contribution in [0.1, 0.15) is 37.2 Å². The average Bonchev–Trinajstić information content (AvgIpc) is 3.41. The number of hydrogen-bond acceptors (Lipinski definition) is 7. The number of anilines is 1. The summed E-state index contributed by atoms with van der Waals surface area (Å²) < 4.78 is 32.8. The fourth-order valence-corrected chi connectivity index (χ4v) is 5.55. The van der Waals surface area contributed by atoms with Crippen LogP contribution in [-0.2, 0) is 23.6 Å². The molecule has 9 heteroatoms. The van der Waals surface area contributed by atoms with Gasteiger partial charge in [-0.15, -0.1) is 10.2 Å². The summed E-state index contributed by atoms with van der Waals surface area (Å²) >= 11 is 1.52. The highest BCUT2D eigenvalue weighted by Crippen LogP contribution is 2.35. The highest BCUT2D eigenvalue weighted by Gasteiger charge is 2.27. The van der Waals surface area contributed by atoms with E-state index in [1.165, 1.54) is 30.3 Å². The third-order valence-electron chi connectivity index (χ3n) is 5.85. The van der Waals surface area contributed by atoms with E-state index in [1.807, 2.05) is 12.1 Å². The Labute approximate surface area is 190 Å². The van der Waals surface area contributed by atoms with Crippen molar-refractivity contribution in [3.05, 3.63) is 53.2 Å². The molecule has 5 rings (SSSR count). The number of aromatic nitrogens is 3. The van der Waals surface area contributed by atoms with Crippen LogP contribution in [0.5, 0.6) is 5.75 Å². The van der Waals surface area contributed by atoms with Gasteiger partial charge in [0.2, 0.25) is 5.95 Å². The van der Waals surface area contributed by atoms with Gasteiger partial charge in [0.1, 0.15) is 17.3 Å². The lowest BCUT2D eigenvalue weighted by Crippen LogP contribution is -2.40. The molecular weight excluding hydrogens is 431 g/mol. The van der Waals surface area contributed by atoms with Gasteiger partial charge in [-0.3, -0.25) is 4.57 Å². The quantitative estimate of drug-likeness (QED) is 0.496. The normalized spacial score (nSPS) is 20.8. The molecule has 0 N–H and O–H groups in total. The second kappa shape index (κ2) is 9.15. The first-order valence-corrected chi connectivity index (χ1v) is 11.9. The summed E-state index contributed by atoms with van der Waals surface area (Å²) in [5, 5.41) is 9.83. The van der Waals surface area contributed by atoms with Crippen LogP contribution in [0.3, 0.4) is 0 Å². The van der Waals surface area contributed by atoms with Gasteiger partial charge in [0.15, 0.2) is 11.9 Å². The second-order valence-corrected chi connectivity index (χ2v) is 9.69. The lowest BCUT2D eigenvalue weighted by molar-refractivity contribution is -0.0171. The van der Waals surface area contributed by atoms with E-state index in [0.29, 0.717) is 36.5 Å². The summed E-state index contributed by atoms with van der Waals surface area (Å²) in [5.74, 6) is 3.83. The lowest BCUT2D eigenvalue weighted by Gasteiger charge is -2.35. The zero-order valence-electron chi connectivity index (χ0n) is 18.3. The van der Waals surface area contributed by atoms with Crippen LogP contribution in [0.4, 0.5) is 10.3 Å². The smallest absolute Gasteiger partial charge is 0.228 e. The first kappa shape index (κ1) is 21.3. The predicted molar refractivity (Wildman–Crippen MR) is 119 cm³/mol. The molecule has 2 aromatic heterocycles. The second-order valence-electron chi connectivity index (χ2n) is 8.75. The van der Waals surface area contributed by atoms with E-state index in [-0.39, 0.29) is 12.6 Å². The van der Waals surface area contributed by atoms with Crippen molar-refractivity contribution in [1.82, 2.24) is 14.8 Å². The maximum atomic E-state index is 14.2. The molecule has 170 valence electrons. The third-order valence-corrected chi connectivity index (χ3v) is 6.87. The largest absolute Gasteiger partial charge is 0.467 e. The van der Waals surface area contributed by atoms with Gasteiger partial charge < -0.3 is 18.8 Å². The Morgan fingerprint density at radius 2 is 2.03 bits per heavy atom. The topological polar surface area (TPSA) is 65.6 Å². The van der Waals surface area contributed by atoms with Crippen LogP contribution in [-0.4, -0.2) is 34.6 Å². The molecule has 2 aliphatic heterocycles. The summed E-state index contributed by atoms with van der Waals surface area (Å²) in [5.41, 5.74) is 1.53. The standard InChI is InChI=1S/C23H27FN4O3S/c1-15-6-16(2)10-27(9-15)22-25-26-23(28(22)11-20-4-3-5-30-20)32-13-18-8-19(24)7-17-12-29-14-31-21(17)18/h3-5,7-8,15-16H,6,9-14H2,1-2H3. The molecule has 0 aliphatic carbocycles. The van der Waals surface area contributed by atoms with Gasteiger partial charge in [0, 0.05) is 30.0 Å². The number of fused-ring (bicyclic) bond motifs is 1. The van der Waals surface area contributed by atoms with Gasteiger partial charge in [-0.25, -0.2) is 4.39 Å². The van der Waals surface area contributed by atoms with Crippen LogP contribution in [0.2, 0.25) is 0 Å². The number of thioether (sulfide) groups is 1. The van der Waals surface area contributed by atoms with Crippen LogP contribution < -0.4 is 9.64 Å². The Hall–Kier alpha value is -2.52. The molecule has 2 unspecified atom stereocenters. The predicted octanol–water partition coefficient (Wildman–Crippen LogP) is 4.70. The van der Waals surface area contributed by atoms with Crippen LogP contribution in [0.25, 0.3) is 0 Å². The highest BCUT2D eigenvalue weighted by atomic mass is 32.2. The minimum absolute atomic E-state index is 0.181. The van der Waals surface area contributed by atoms with Crippen molar-refractivity contribution < 1.29 is 18.3 Å². The molecule has 0 amide bonds. The Kier molecular flexibility index (Phi) is 6.10. The molecule has 0 saturated carbocycles. The zero-order chi connectivity index (χ0) is 22.1. The number of furan rings is 1. The van der Waals surface area contributed by atoms with Gasteiger partial charge in [0.05, 0.1) is 19.4 Å². The number of nitrogens with zero attached hydrogens (tertiary/aromatic N) is 4. The van der Waals surface area contributed by atoms with Crippen LogP contribution in [0, 0.1) is 17.7 Å². The number of hydrogen-bond donors (Lipinski definition) is 0. The minimum Gasteiger partial charge on any atom is -0.467 e. The van der Waals surface area contributed by atoms with Crippen molar-refractivity contribution in [1.29, 1.82) is 0 Å². The summed E-state index contributed by atoms with van der Waals surface area (Å²) in [4.78, 5) is 2.32. The Bertz CT molecular complexity index is 1060. The number of benzene rings is 1. The SMILES string of the molecule is CC1CC(C)CN(c2nnc(SCc3cc(F)cc4c3OCOC4)n2Cc2ccco2)C1. The van der Waals surface area contributed by atoms with E-state index >= 15 is 0 Å². The summed E-state index contributed by atoms with van der Waals surface area (Å²) in [7, 11) is 0. The molecule has 0 radical (unpaired) electrons. The molecule has 3 aromatic rings. The van der Waals surface area contributed by atoms with E-state index in [2.05, 4.69) is 33.5 Å². The van der Waals surface area contributed by atoms with Crippen molar-refractivity contribution in [3.8, 4) is 5.75 Å². The van der Waals surface area contributed by atoms with Crippen LogP contribution >= 0.6 is 11.8 Å². The molecule has 1 aromatic carbocycles. The lowest BCUT2D eigenvalue weighted by atomic mass is 9.92. The van der Waals surface area contributed by atoms with E-state index in [9.17, 15) is 4.39 Å². The number of halogens is 1. The van der Waals surface area contributed by atoms with Crippen molar-refractivity contribution in [2.45, 2.75) is 44.3 Å². The van der Waals surface area contributed by atoms with Crippen molar-refractivity contribution >= 4 is 17.7 Å². The fraction of sp³-hybridized carbons (Fsp3) is 0.478. The third kappa shape index (κ3) is 4.49. The number of ether oxygens (including phenoxy) is 2. The van der Waals surface area contributed by atoms with Gasteiger partial charge in [-0.2, -0.15) is 0 Å². The Morgan fingerprint density at radius 1 is 1.19 bits per heavy atom. The van der Waals surface area contributed by atoms with Crippen molar-refractivity contribution in [2.75, 3.05) is 24.8 Å². The zero-order valence-corrected chi connectivity index (χ0v) is 19.1. The van der Waals surface area contributed by atoms with Gasteiger partial charge in [0.25, 0.3) is 0 Å². The summed E-state index contributed by atoms with van der Waals surface area (Å²) in [6.07, 6.45) is 2.90. The van der Waals surface area contributed by atoms with E-state index < -0.39 is 0 Å². The first-order chi connectivity index (χ1) is 15.6. The van der Waals surface area contributed by atoms with Crippen molar-refractivity contribution in [2.24, 2.45) is 11.8 Å². The monoisotopic (exact) mass is 458 g/mol. The summed E-state index contributed by atoms with van der Waals surface area (Å²) in [6, 6.07) is 6.84. The molecule has 0 bridgehead atoms. The molecule has 0 spiro atoms. The Balaban J connectivity index is 1.43. The van der Waals surface area contributed by atoms with E-state index in [4.69, 9.17) is 13.9 Å².